The Morgan fingerprint density at radius 2 is 2.04 bits per heavy atom. The summed E-state index contributed by atoms with van der Waals surface area (Å²) in [5.41, 5.74) is 2.24. The number of morpholine rings is 1. The number of ether oxygens (including phenoxy) is 3. The van der Waals surface area contributed by atoms with Gasteiger partial charge < -0.3 is 24.8 Å². The van der Waals surface area contributed by atoms with Gasteiger partial charge in [-0.25, -0.2) is 4.99 Å². The van der Waals surface area contributed by atoms with Crippen LogP contribution in [-0.2, 0) is 16.0 Å². The van der Waals surface area contributed by atoms with Gasteiger partial charge in [-0.1, -0.05) is 12.1 Å². The van der Waals surface area contributed by atoms with Crippen molar-refractivity contribution >= 4 is 5.96 Å². The highest BCUT2D eigenvalue weighted by atomic mass is 16.5. The van der Waals surface area contributed by atoms with Gasteiger partial charge >= 0.3 is 0 Å². The molecule has 1 saturated heterocycles. The Bertz CT molecular complexity index is 574. The van der Waals surface area contributed by atoms with E-state index in [0.29, 0.717) is 19.8 Å². The Morgan fingerprint density at radius 3 is 2.78 bits per heavy atom. The lowest BCUT2D eigenvalue weighted by Crippen LogP contribution is -2.44. The second-order valence-electron chi connectivity index (χ2n) is 6.53. The third-order valence-corrected chi connectivity index (χ3v) is 4.34. The molecule has 0 spiro atoms. The first-order valence-corrected chi connectivity index (χ1v) is 9.76. The number of hydrogen-bond donors (Lipinski definition) is 2. The van der Waals surface area contributed by atoms with Gasteiger partial charge in [0.1, 0.15) is 12.4 Å². The topological polar surface area (TPSA) is 67.4 Å². The maximum atomic E-state index is 5.86. The molecule has 2 rings (SSSR count). The van der Waals surface area contributed by atoms with Gasteiger partial charge in [0, 0.05) is 45.4 Å². The van der Waals surface area contributed by atoms with Crippen molar-refractivity contribution in [1.29, 1.82) is 0 Å². The third kappa shape index (κ3) is 8.15. The molecule has 0 aromatic heterocycles. The van der Waals surface area contributed by atoms with Gasteiger partial charge in [0.2, 0.25) is 0 Å². The van der Waals surface area contributed by atoms with Crippen molar-refractivity contribution in [3.63, 3.8) is 0 Å². The minimum absolute atomic E-state index is 0.536. The number of aryl methyl sites for hydroxylation is 1. The lowest BCUT2D eigenvalue weighted by Gasteiger charge is -2.26. The zero-order valence-corrected chi connectivity index (χ0v) is 16.9. The molecule has 0 unspecified atom stereocenters. The molecular weight excluding hydrogens is 344 g/mol. The van der Waals surface area contributed by atoms with Crippen molar-refractivity contribution in [3.05, 3.63) is 29.3 Å². The summed E-state index contributed by atoms with van der Waals surface area (Å²) in [7, 11) is 1.68. The summed E-state index contributed by atoms with van der Waals surface area (Å²) in [6.45, 7) is 12.1. The Kier molecular flexibility index (Phi) is 9.97. The summed E-state index contributed by atoms with van der Waals surface area (Å²) in [4.78, 5) is 7.13. The monoisotopic (exact) mass is 378 g/mol. The Morgan fingerprint density at radius 1 is 1.22 bits per heavy atom. The summed E-state index contributed by atoms with van der Waals surface area (Å²) < 4.78 is 16.3. The van der Waals surface area contributed by atoms with Crippen molar-refractivity contribution in [3.8, 4) is 5.75 Å². The van der Waals surface area contributed by atoms with Crippen molar-refractivity contribution in [2.24, 2.45) is 4.99 Å². The Hall–Kier alpha value is -1.83. The van der Waals surface area contributed by atoms with Crippen LogP contribution in [0, 0.1) is 6.92 Å². The van der Waals surface area contributed by atoms with Gasteiger partial charge in [-0.15, -0.1) is 0 Å². The predicted molar refractivity (Wildman–Crippen MR) is 109 cm³/mol. The van der Waals surface area contributed by atoms with E-state index in [2.05, 4.69) is 47.6 Å². The SMILES string of the molecule is CCNC(=NCc1ccc(C)cc1OCCOC)NCCN1CCOCC1. The zero-order chi connectivity index (χ0) is 19.3. The molecule has 1 aliphatic rings. The molecule has 2 N–H and O–H groups in total. The van der Waals surface area contributed by atoms with Gasteiger partial charge in [-0.3, -0.25) is 4.90 Å². The second kappa shape index (κ2) is 12.5. The van der Waals surface area contributed by atoms with Crippen LogP contribution in [0.15, 0.2) is 23.2 Å². The van der Waals surface area contributed by atoms with E-state index in [1.165, 1.54) is 5.56 Å². The fraction of sp³-hybridized carbons (Fsp3) is 0.650. The zero-order valence-electron chi connectivity index (χ0n) is 16.9. The molecule has 0 atom stereocenters. The number of aliphatic imine (C=N–C) groups is 1. The number of nitrogens with zero attached hydrogens (tertiary/aromatic N) is 2. The van der Waals surface area contributed by atoms with Crippen LogP contribution in [0.25, 0.3) is 0 Å². The standard InChI is InChI=1S/C20H34N4O3/c1-4-21-20(22-7-8-24-9-11-26-12-10-24)23-16-18-6-5-17(2)15-19(18)27-14-13-25-3/h5-6,15H,4,7-14,16H2,1-3H3,(H2,21,22,23). The molecule has 27 heavy (non-hydrogen) atoms. The summed E-state index contributed by atoms with van der Waals surface area (Å²) in [6, 6.07) is 6.23. The predicted octanol–water partition coefficient (Wildman–Crippen LogP) is 1.41. The molecule has 1 heterocycles. The molecule has 0 saturated carbocycles. The third-order valence-electron chi connectivity index (χ3n) is 4.34. The number of hydrogen-bond acceptors (Lipinski definition) is 5. The average Bonchev–Trinajstić information content (AvgIpc) is 2.68. The smallest absolute Gasteiger partial charge is 0.191 e. The minimum Gasteiger partial charge on any atom is -0.491 e. The van der Waals surface area contributed by atoms with E-state index in [0.717, 1.165) is 63.2 Å². The van der Waals surface area contributed by atoms with Crippen molar-refractivity contribution in [1.82, 2.24) is 15.5 Å². The number of benzene rings is 1. The van der Waals surface area contributed by atoms with E-state index in [1.54, 1.807) is 7.11 Å². The Balaban J connectivity index is 1.90. The number of nitrogens with one attached hydrogen (secondary N) is 2. The number of guanidine groups is 1. The summed E-state index contributed by atoms with van der Waals surface area (Å²) in [5, 5.41) is 6.73. The van der Waals surface area contributed by atoms with Gasteiger partial charge in [0.05, 0.1) is 26.4 Å². The van der Waals surface area contributed by atoms with E-state index in [1.807, 2.05) is 0 Å². The van der Waals surface area contributed by atoms with Crippen LogP contribution in [0.4, 0.5) is 0 Å². The first kappa shape index (κ1) is 21.5. The molecule has 0 radical (unpaired) electrons. The highest BCUT2D eigenvalue weighted by Gasteiger charge is 2.10. The summed E-state index contributed by atoms with van der Waals surface area (Å²) in [5.74, 6) is 1.70. The molecule has 1 fully saturated rings. The van der Waals surface area contributed by atoms with Crippen LogP contribution in [0.3, 0.4) is 0 Å². The van der Waals surface area contributed by atoms with Gasteiger partial charge in [0.15, 0.2) is 5.96 Å². The number of methoxy groups -OCH3 is 1. The fourth-order valence-corrected chi connectivity index (χ4v) is 2.82. The van der Waals surface area contributed by atoms with Crippen LogP contribution in [0.1, 0.15) is 18.1 Å². The molecule has 0 bridgehead atoms. The quantitative estimate of drug-likeness (QED) is 0.365. The maximum absolute atomic E-state index is 5.86. The van der Waals surface area contributed by atoms with Crippen molar-refractivity contribution in [2.75, 3.05) is 66.3 Å². The highest BCUT2D eigenvalue weighted by molar-refractivity contribution is 5.79. The minimum atomic E-state index is 0.536. The van der Waals surface area contributed by atoms with Crippen molar-refractivity contribution in [2.45, 2.75) is 20.4 Å². The lowest BCUT2D eigenvalue weighted by molar-refractivity contribution is 0.0389. The molecule has 7 heteroatoms. The maximum Gasteiger partial charge on any atom is 0.191 e. The van der Waals surface area contributed by atoms with E-state index >= 15 is 0 Å². The van der Waals surface area contributed by atoms with E-state index in [4.69, 9.17) is 19.2 Å². The van der Waals surface area contributed by atoms with Crippen LogP contribution in [0.2, 0.25) is 0 Å². The largest absolute Gasteiger partial charge is 0.491 e. The van der Waals surface area contributed by atoms with Crippen LogP contribution >= 0.6 is 0 Å². The van der Waals surface area contributed by atoms with E-state index in [-0.39, 0.29) is 0 Å². The molecular formula is C20H34N4O3. The molecule has 1 aromatic carbocycles. The molecule has 0 amide bonds. The fourth-order valence-electron chi connectivity index (χ4n) is 2.82. The average molecular weight is 379 g/mol. The van der Waals surface area contributed by atoms with Gasteiger partial charge in [-0.05, 0) is 25.5 Å². The highest BCUT2D eigenvalue weighted by Crippen LogP contribution is 2.21. The van der Waals surface area contributed by atoms with Gasteiger partial charge in [0.25, 0.3) is 0 Å². The molecule has 1 aromatic rings. The number of rotatable bonds is 10. The van der Waals surface area contributed by atoms with Crippen LogP contribution in [-0.4, -0.2) is 77.1 Å². The van der Waals surface area contributed by atoms with Gasteiger partial charge in [-0.2, -0.15) is 0 Å². The van der Waals surface area contributed by atoms with Crippen LogP contribution in [0.5, 0.6) is 5.75 Å². The van der Waals surface area contributed by atoms with Crippen molar-refractivity contribution < 1.29 is 14.2 Å². The van der Waals surface area contributed by atoms with E-state index in [9.17, 15) is 0 Å². The molecule has 7 nitrogen and oxygen atoms in total. The molecule has 1 aliphatic heterocycles. The first-order valence-electron chi connectivity index (χ1n) is 9.76. The van der Waals surface area contributed by atoms with E-state index < -0.39 is 0 Å². The summed E-state index contributed by atoms with van der Waals surface area (Å²) >= 11 is 0. The second-order valence-corrected chi connectivity index (χ2v) is 6.53. The molecule has 0 aliphatic carbocycles. The Labute approximate surface area is 163 Å². The summed E-state index contributed by atoms with van der Waals surface area (Å²) in [6.07, 6.45) is 0. The van der Waals surface area contributed by atoms with Crippen LogP contribution < -0.4 is 15.4 Å². The molecule has 152 valence electrons. The lowest BCUT2D eigenvalue weighted by atomic mass is 10.1. The first-order chi connectivity index (χ1) is 13.2. The normalized spacial score (nSPS) is 15.6.